The van der Waals surface area contributed by atoms with Gasteiger partial charge < -0.3 is 19.1 Å². The molecule has 2 atom stereocenters. The van der Waals surface area contributed by atoms with Gasteiger partial charge in [0.1, 0.15) is 22.6 Å². The van der Waals surface area contributed by atoms with Gasteiger partial charge in [-0.25, -0.2) is 0 Å². The highest BCUT2D eigenvalue weighted by molar-refractivity contribution is 8.01. The summed E-state index contributed by atoms with van der Waals surface area (Å²) in [5.74, 6) is 2.40. The summed E-state index contributed by atoms with van der Waals surface area (Å²) in [6.45, 7) is 2.47. The lowest BCUT2D eigenvalue weighted by Crippen LogP contribution is -2.30. The first-order valence-corrected chi connectivity index (χ1v) is 10.7. The van der Waals surface area contributed by atoms with Crippen molar-refractivity contribution in [2.75, 3.05) is 21.3 Å². The number of rotatable bonds is 6. The lowest BCUT2D eigenvalue weighted by atomic mass is 10.1. The van der Waals surface area contributed by atoms with E-state index < -0.39 is 0 Å². The Labute approximate surface area is 180 Å². The quantitative estimate of drug-likeness (QED) is 0.557. The smallest absolute Gasteiger partial charge is 0.236 e. The van der Waals surface area contributed by atoms with Crippen molar-refractivity contribution in [2.24, 2.45) is 0 Å². The standard InChI is InChI=1S/C24H25NO4S/c1-15-23(26)25(24(30-15)22-20(28-3)6-5-7-21(22)29-4)14-16-8-9-18-13-19(27-2)11-10-17(18)12-16/h5-13,15,24H,14H2,1-4H3. The average Bonchev–Trinajstić information content (AvgIpc) is 3.06. The largest absolute Gasteiger partial charge is 0.497 e. The van der Waals surface area contributed by atoms with E-state index in [1.54, 1.807) is 33.1 Å². The van der Waals surface area contributed by atoms with Crippen LogP contribution in [0.3, 0.4) is 0 Å². The molecule has 0 aliphatic carbocycles. The molecule has 1 fully saturated rings. The summed E-state index contributed by atoms with van der Waals surface area (Å²) in [5, 5.41) is 1.92. The van der Waals surface area contributed by atoms with Gasteiger partial charge in [0.2, 0.25) is 5.91 Å². The highest BCUT2D eigenvalue weighted by atomic mass is 32.2. The molecule has 30 heavy (non-hydrogen) atoms. The van der Waals surface area contributed by atoms with E-state index in [2.05, 4.69) is 18.2 Å². The number of ether oxygens (including phenoxy) is 3. The number of amides is 1. The highest BCUT2D eigenvalue weighted by Gasteiger charge is 2.41. The zero-order chi connectivity index (χ0) is 21.3. The second-order valence-electron chi connectivity index (χ2n) is 7.22. The molecule has 1 aliphatic heterocycles. The van der Waals surface area contributed by atoms with Crippen LogP contribution in [0.4, 0.5) is 0 Å². The van der Waals surface area contributed by atoms with Crippen LogP contribution in [-0.4, -0.2) is 37.4 Å². The third-order valence-electron chi connectivity index (χ3n) is 5.42. The molecule has 0 aromatic heterocycles. The van der Waals surface area contributed by atoms with Gasteiger partial charge in [-0.3, -0.25) is 4.79 Å². The van der Waals surface area contributed by atoms with Crippen molar-refractivity contribution in [3.63, 3.8) is 0 Å². The summed E-state index contributed by atoms with van der Waals surface area (Å²) >= 11 is 1.62. The van der Waals surface area contributed by atoms with Crippen LogP contribution in [0.25, 0.3) is 10.8 Å². The van der Waals surface area contributed by atoms with Crippen LogP contribution < -0.4 is 14.2 Å². The van der Waals surface area contributed by atoms with Crippen LogP contribution in [0.2, 0.25) is 0 Å². The molecule has 1 heterocycles. The van der Waals surface area contributed by atoms with Gasteiger partial charge in [0, 0.05) is 6.54 Å². The maximum Gasteiger partial charge on any atom is 0.236 e. The van der Waals surface area contributed by atoms with Crippen molar-refractivity contribution < 1.29 is 19.0 Å². The fourth-order valence-corrected chi connectivity index (χ4v) is 5.21. The number of nitrogens with zero attached hydrogens (tertiary/aromatic N) is 1. The lowest BCUT2D eigenvalue weighted by Gasteiger charge is -2.27. The van der Waals surface area contributed by atoms with Gasteiger partial charge in [0.15, 0.2) is 0 Å². The number of fused-ring (bicyclic) bond motifs is 1. The summed E-state index contributed by atoms with van der Waals surface area (Å²) < 4.78 is 16.5. The Morgan fingerprint density at radius 3 is 2.23 bits per heavy atom. The van der Waals surface area contributed by atoms with Crippen LogP contribution in [0.15, 0.2) is 54.6 Å². The molecule has 3 aromatic rings. The van der Waals surface area contributed by atoms with Crippen molar-refractivity contribution in [3.8, 4) is 17.2 Å². The summed E-state index contributed by atoms with van der Waals surface area (Å²) in [4.78, 5) is 15.0. The maximum absolute atomic E-state index is 13.0. The van der Waals surface area contributed by atoms with Crippen molar-refractivity contribution in [1.82, 2.24) is 4.90 Å². The molecule has 1 aliphatic rings. The normalized spacial score (nSPS) is 18.7. The van der Waals surface area contributed by atoms with Crippen LogP contribution in [-0.2, 0) is 11.3 Å². The second kappa shape index (κ2) is 8.48. The Kier molecular flexibility index (Phi) is 5.77. The van der Waals surface area contributed by atoms with Gasteiger partial charge in [-0.1, -0.05) is 24.3 Å². The minimum Gasteiger partial charge on any atom is -0.497 e. The van der Waals surface area contributed by atoms with Crippen LogP contribution >= 0.6 is 11.8 Å². The first-order valence-electron chi connectivity index (χ1n) is 9.79. The molecule has 0 N–H and O–H groups in total. The molecule has 3 aromatic carbocycles. The highest BCUT2D eigenvalue weighted by Crippen LogP contribution is 2.49. The number of benzene rings is 3. The lowest BCUT2D eigenvalue weighted by molar-refractivity contribution is -0.130. The van der Waals surface area contributed by atoms with Crippen molar-refractivity contribution >= 4 is 28.4 Å². The average molecular weight is 424 g/mol. The SMILES string of the molecule is COc1ccc2cc(CN3C(=O)C(C)SC3c3c(OC)cccc3OC)ccc2c1. The molecule has 0 radical (unpaired) electrons. The molecule has 1 amide bonds. The number of hydrogen-bond donors (Lipinski definition) is 0. The predicted octanol–water partition coefficient (Wildman–Crippen LogP) is 5.03. The van der Waals surface area contributed by atoms with Crippen LogP contribution in [0.5, 0.6) is 17.2 Å². The Morgan fingerprint density at radius 2 is 1.57 bits per heavy atom. The molecule has 6 heteroatoms. The summed E-state index contributed by atoms with van der Waals surface area (Å²) in [7, 11) is 4.95. The molecule has 0 bridgehead atoms. The first-order chi connectivity index (χ1) is 14.5. The van der Waals surface area contributed by atoms with Gasteiger partial charge in [0.05, 0.1) is 32.1 Å². The fraction of sp³-hybridized carbons (Fsp3) is 0.292. The molecule has 5 nitrogen and oxygen atoms in total. The van der Waals surface area contributed by atoms with Gasteiger partial charge >= 0.3 is 0 Å². The van der Waals surface area contributed by atoms with Gasteiger partial charge in [-0.05, 0) is 53.6 Å². The fourth-order valence-electron chi connectivity index (χ4n) is 3.88. The van der Waals surface area contributed by atoms with Crippen molar-refractivity contribution in [1.29, 1.82) is 0 Å². The van der Waals surface area contributed by atoms with E-state index in [1.807, 2.05) is 48.2 Å². The molecule has 156 valence electrons. The van der Waals surface area contributed by atoms with Gasteiger partial charge in [0.25, 0.3) is 0 Å². The number of thioether (sulfide) groups is 1. The van der Waals surface area contributed by atoms with Crippen molar-refractivity contribution in [3.05, 3.63) is 65.7 Å². The zero-order valence-electron chi connectivity index (χ0n) is 17.5. The zero-order valence-corrected chi connectivity index (χ0v) is 18.4. The minimum atomic E-state index is -0.176. The van der Waals surface area contributed by atoms with E-state index in [9.17, 15) is 4.79 Å². The molecular formula is C24H25NO4S. The topological polar surface area (TPSA) is 48.0 Å². The molecular weight excluding hydrogens is 398 g/mol. The Bertz CT molecular complexity index is 1060. The summed E-state index contributed by atoms with van der Waals surface area (Å²) in [5.41, 5.74) is 1.98. The first kappa shape index (κ1) is 20.4. The van der Waals surface area contributed by atoms with Crippen LogP contribution in [0.1, 0.15) is 23.4 Å². The predicted molar refractivity (Wildman–Crippen MR) is 120 cm³/mol. The Balaban J connectivity index is 1.70. The molecule has 0 saturated carbocycles. The molecule has 2 unspecified atom stereocenters. The number of methoxy groups -OCH3 is 3. The van der Waals surface area contributed by atoms with Crippen molar-refractivity contribution in [2.45, 2.75) is 24.1 Å². The third-order valence-corrected chi connectivity index (χ3v) is 6.78. The summed E-state index contributed by atoms with van der Waals surface area (Å²) in [6, 6.07) is 18.0. The minimum absolute atomic E-state index is 0.118. The molecule has 4 rings (SSSR count). The van der Waals surface area contributed by atoms with E-state index in [1.165, 1.54) is 0 Å². The number of carbonyl (C=O) groups is 1. The maximum atomic E-state index is 13.0. The summed E-state index contributed by atoms with van der Waals surface area (Å²) in [6.07, 6.45) is 0. The molecule has 1 saturated heterocycles. The Morgan fingerprint density at radius 1 is 0.900 bits per heavy atom. The number of hydrogen-bond acceptors (Lipinski definition) is 5. The third kappa shape index (κ3) is 3.67. The van der Waals surface area contributed by atoms with Gasteiger partial charge in [-0.15, -0.1) is 11.8 Å². The van der Waals surface area contributed by atoms with E-state index in [0.29, 0.717) is 6.54 Å². The van der Waals surface area contributed by atoms with E-state index in [-0.39, 0.29) is 16.5 Å². The van der Waals surface area contributed by atoms with Crippen LogP contribution in [0, 0.1) is 0 Å². The second-order valence-corrected chi connectivity index (χ2v) is 8.65. The number of carbonyl (C=O) groups excluding carboxylic acids is 1. The van der Waals surface area contributed by atoms with E-state index in [4.69, 9.17) is 14.2 Å². The Hall–Kier alpha value is -2.86. The van der Waals surface area contributed by atoms with E-state index in [0.717, 1.165) is 39.1 Å². The van der Waals surface area contributed by atoms with E-state index >= 15 is 0 Å². The molecule has 0 spiro atoms. The monoisotopic (exact) mass is 423 g/mol. The van der Waals surface area contributed by atoms with Gasteiger partial charge in [-0.2, -0.15) is 0 Å².